The van der Waals surface area contributed by atoms with Crippen molar-refractivity contribution in [3.8, 4) is 0 Å². The fraction of sp³-hybridized carbons (Fsp3) is 0.0556. The maximum Gasteiger partial charge on any atom is 0.276 e. The molecule has 3 rings (SSSR count). The third-order valence-corrected chi connectivity index (χ3v) is 4.15. The maximum absolute atomic E-state index is 13.1. The Labute approximate surface area is 159 Å². The molecular weight excluding hydrogens is 378 g/mol. The number of carbonyl (C=O) groups is 1. The summed E-state index contributed by atoms with van der Waals surface area (Å²) in [6, 6.07) is 14.5. The van der Waals surface area contributed by atoms with E-state index in [2.05, 4.69) is 20.8 Å². The average molecular weight is 391 g/mol. The summed E-state index contributed by atoms with van der Waals surface area (Å²) in [5.74, 6) is -0.525. The van der Waals surface area contributed by atoms with Crippen molar-refractivity contribution in [2.45, 2.75) is 6.54 Å². The zero-order valence-electron chi connectivity index (χ0n) is 13.3. The maximum atomic E-state index is 13.1. The van der Waals surface area contributed by atoms with Gasteiger partial charge in [-0.1, -0.05) is 41.4 Å². The molecule has 0 aliphatic rings. The van der Waals surface area contributed by atoms with Crippen LogP contribution in [0.3, 0.4) is 0 Å². The molecule has 0 radical (unpaired) electrons. The quantitative estimate of drug-likeness (QED) is 0.657. The standard InChI is InChI=1S/C18H13Cl2FN4O/c19-13-4-2-1-3-11(13)10-22-17-8-7-16(24-25-17)18(26)23-12-5-6-15(21)14(20)9-12/h1-9H,10H2,(H,22,25)(H,23,26). The molecule has 3 aromatic rings. The largest absolute Gasteiger partial charge is 0.364 e. The van der Waals surface area contributed by atoms with Crippen LogP contribution in [0.5, 0.6) is 0 Å². The van der Waals surface area contributed by atoms with E-state index in [9.17, 15) is 9.18 Å². The topological polar surface area (TPSA) is 66.9 Å². The molecule has 0 unspecified atom stereocenters. The summed E-state index contributed by atoms with van der Waals surface area (Å²) < 4.78 is 13.1. The van der Waals surface area contributed by atoms with Gasteiger partial charge in [-0.05, 0) is 42.0 Å². The van der Waals surface area contributed by atoms with Crippen molar-refractivity contribution in [2.24, 2.45) is 0 Å². The fourth-order valence-electron chi connectivity index (χ4n) is 2.14. The minimum atomic E-state index is -0.557. The van der Waals surface area contributed by atoms with Crippen molar-refractivity contribution in [1.29, 1.82) is 0 Å². The molecule has 0 spiro atoms. The predicted octanol–water partition coefficient (Wildman–Crippen LogP) is 4.79. The highest BCUT2D eigenvalue weighted by atomic mass is 35.5. The highest BCUT2D eigenvalue weighted by molar-refractivity contribution is 6.31. The molecule has 0 bridgehead atoms. The molecule has 0 aliphatic heterocycles. The normalized spacial score (nSPS) is 10.4. The summed E-state index contributed by atoms with van der Waals surface area (Å²) in [5.41, 5.74) is 1.41. The summed E-state index contributed by atoms with van der Waals surface area (Å²) in [4.78, 5) is 12.2. The molecule has 0 aliphatic carbocycles. The highest BCUT2D eigenvalue weighted by Crippen LogP contribution is 2.20. The van der Waals surface area contributed by atoms with E-state index in [-0.39, 0.29) is 10.7 Å². The summed E-state index contributed by atoms with van der Waals surface area (Å²) >= 11 is 11.8. The second-order valence-electron chi connectivity index (χ2n) is 5.33. The number of aromatic nitrogens is 2. The Morgan fingerprint density at radius 2 is 1.81 bits per heavy atom. The number of rotatable bonds is 5. The lowest BCUT2D eigenvalue weighted by molar-refractivity contribution is 0.102. The van der Waals surface area contributed by atoms with Crippen molar-refractivity contribution in [3.63, 3.8) is 0 Å². The van der Waals surface area contributed by atoms with Gasteiger partial charge in [-0.15, -0.1) is 10.2 Å². The molecular formula is C18H13Cl2FN4O. The molecule has 0 saturated carbocycles. The van der Waals surface area contributed by atoms with Crippen molar-refractivity contribution >= 4 is 40.6 Å². The Balaban J connectivity index is 1.62. The first-order chi connectivity index (χ1) is 12.5. The second-order valence-corrected chi connectivity index (χ2v) is 6.15. The first-order valence-corrected chi connectivity index (χ1v) is 8.36. The summed E-state index contributed by atoms with van der Waals surface area (Å²) in [6.45, 7) is 0.480. The van der Waals surface area contributed by atoms with E-state index >= 15 is 0 Å². The van der Waals surface area contributed by atoms with Gasteiger partial charge in [0.05, 0.1) is 5.02 Å². The van der Waals surface area contributed by atoms with Crippen molar-refractivity contribution in [1.82, 2.24) is 10.2 Å². The number of benzene rings is 2. The summed E-state index contributed by atoms with van der Waals surface area (Å²) in [5, 5.41) is 14.1. The van der Waals surface area contributed by atoms with Gasteiger partial charge in [0.1, 0.15) is 11.6 Å². The highest BCUT2D eigenvalue weighted by Gasteiger charge is 2.10. The zero-order valence-corrected chi connectivity index (χ0v) is 14.9. The minimum Gasteiger partial charge on any atom is -0.364 e. The van der Waals surface area contributed by atoms with Crippen molar-refractivity contribution in [3.05, 3.63) is 81.7 Å². The molecule has 0 fully saturated rings. The monoisotopic (exact) mass is 390 g/mol. The van der Waals surface area contributed by atoms with E-state index in [1.165, 1.54) is 24.3 Å². The first-order valence-electron chi connectivity index (χ1n) is 7.60. The van der Waals surface area contributed by atoms with Crippen LogP contribution in [0.25, 0.3) is 0 Å². The number of anilines is 2. The lowest BCUT2D eigenvalue weighted by Crippen LogP contribution is -2.15. The summed E-state index contributed by atoms with van der Waals surface area (Å²) in [7, 11) is 0. The number of nitrogens with one attached hydrogen (secondary N) is 2. The molecule has 1 heterocycles. The third kappa shape index (κ3) is 4.47. The van der Waals surface area contributed by atoms with E-state index in [1.54, 1.807) is 12.1 Å². The van der Waals surface area contributed by atoms with Crippen LogP contribution in [0.2, 0.25) is 10.0 Å². The van der Waals surface area contributed by atoms with Gasteiger partial charge in [0.25, 0.3) is 5.91 Å². The van der Waals surface area contributed by atoms with Crippen LogP contribution in [0.1, 0.15) is 16.1 Å². The zero-order chi connectivity index (χ0) is 18.5. The number of amides is 1. The Hall–Kier alpha value is -2.70. The molecule has 5 nitrogen and oxygen atoms in total. The molecule has 26 heavy (non-hydrogen) atoms. The van der Waals surface area contributed by atoms with Crippen molar-refractivity contribution < 1.29 is 9.18 Å². The van der Waals surface area contributed by atoms with Gasteiger partial charge in [-0.25, -0.2) is 4.39 Å². The molecule has 132 valence electrons. The van der Waals surface area contributed by atoms with Crippen LogP contribution < -0.4 is 10.6 Å². The summed E-state index contributed by atoms with van der Waals surface area (Å²) in [6.07, 6.45) is 0. The lowest BCUT2D eigenvalue weighted by Gasteiger charge is -2.08. The Bertz CT molecular complexity index is 935. The molecule has 1 amide bonds. The number of hydrogen-bond acceptors (Lipinski definition) is 4. The van der Waals surface area contributed by atoms with Gasteiger partial charge in [0.2, 0.25) is 0 Å². The van der Waals surface area contributed by atoms with E-state index in [0.29, 0.717) is 23.1 Å². The average Bonchev–Trinajstić information content (AvgIpc) is 2.64. The molecule has 2 N–H and O–H groups in total. The Morgan fingerprint density at radius 3 is 2.50 bits per heavy atom. The first kappa shape index (κ1) is 18.1. The van der Waals surface area contributed by atoms with Crippen LogP contribution >= 0.6 is 23.2 Å². The van der Waals surface area contributed by atoms with Crippen LogP contribution in [-0.4, -0.2) is 16.1 Å². The molecule has 2 aromatic carbocycles. The predicted molar refractivity (Wildman–Crippen MR) is 100 cm³/mol. The minimum absolute atomic E-state index is 0.0759. The molecule has 1 aromatic heterocycles. The van der Waals surface area contributed by atoms with Crippen LogP contribution in [0.4, 0.5) is 15.9 Å². The van der Waals surface area contributed by atoms with E-state index < -0.39 is 11.7 Å². The van der Waals surface area contributed by atoms with Gasteiger partial charge in [-0.2, -0.15) is 0 Å². The van der Waals surface area contributed by atoms with Crippen molar-refractivity contribution in [2.75, 3.05) is 10.6 Å². The Morgan fingerprint density at radius 1 is 1.00 bits per heavy atom. The number of hydrogen-bond donors (Lipinski definition) is 2. The molecule has 0 saturated heterocycles. The van der Waals surface area contributed by atoms with Gasteiger partial charge in [0.15, 0.2) is 5.69 Å². The number of nitrogens with zero attached hydrogens (tertiary/aromatic N) is 2. The Kier molecular flexibility index (Phi) is 5.65. The lowest BCUT2D eigenvalue weighted by atomic mass is 10.2. The van der Waals surface area contributed by atoms with Crippen LogP contribution in [0.15, 0.2) is 54.6 Å². The fourth-order valence-corrected chi connectivity index (χ4v) is 2.53. The SMILES string of the molecule is O=C(Nc1ccc(F)c(Cl)c1)c1ccc(NCc2ccccc2Cl)nn1. The third-order valence-electron chi connectivity index (χ3n) is 3.49. The smallest absolute Gasteiger partial charge is 0.276 e. The van der Waals surface area contributed by atoms with E-state index in [0.717, 1.165) is 5.56 Å². The van der Waals surface area contributed by atoms with E-state index in [1.807, 2.05) is 18.2 Å². The van der Waals surface area contributed by atoms with Gasteiger partial charge in [-0.3, -0.25) is 4.79 Å². The molecule has 8 heteroatoms. The van der Waals surface area contributed by atoms with E-state index in [4.69, 9.17) is 23.2 Å². The van der Waals surface area contributed by atoms with Gasteiger partial charge >= 0.3 is 0 Å². The van der Waals surface area contributed by atoms with Crippen LogP contribution in [0, 0.1) is 5.82 Å². The van der Waals surface area contributed by atoms with Gasteiger partial charge < -0.3 is 10.6 Å². The van der Waals surface area contributed by atoms with Gasteiger partial charge in [0, 0.05) is 17.3 Å². The second kappa shape index (κ2) is 8.12. The number of halogens is 3. The van der Waals surface area contributed by atoms with Crippen LogP contribution in [-0.2, 0) is 6.54 Å². The number of carbonyl (C=O) groups excluding carboxylic acids is 1. The molecule has 0 atom stereocenters.